The summed E-state index contributed by atoms with van der Waals surface area (Å²) in [5.41, 5.74) is 1.56. The molecule has 2 heterocycles. The molecule has 0 radical (unpaired) electrons. The van der Waals surface area contributed by atoms with Crippen molar-refractivity contribution in [2.24, 2.45) is 0 Å². The molecule has 0 aliphatic carbocycles. The Labute approximate surface area is 158 Å². The highest BCUT2D eigenvalue weighted by atomic mass is 32.1. The van der Waals surface area contributed by atoms with E-state index in [0.717, 1.165) is 49.0 Å². The molecule has 1 aliphatic rings. The van der Waals surface area contributed by atoms with Crippen molar-refractivity contribution in [3.8, 4) is 5.75 Å². The smallest absolute Gasteiger partial charge is 0.271 e. The highest BCUT2D eigenvalue weighted by molar-refractivity contribution is 7.09. The van der Waals surface area contributed by atoms with Gasteiger partial charge < -0.3 is 15.0 Å². The SMILES string of the molecule is COc1ccc([C@@H](CN2CCN(C)CC2)NC(=O)c2csc(C)n2)cc1. The van der Waals surface area contributed by atoms with Gasteiger partial charge in [0.1, 0.15) is 11.4 Å². The van der Waals surface area contributed by atoms with Gasteiger partial charge in [0.15, 0.2) is 0 Å². The monoisotopic (exact) mass is 374 g/mol. The van der Waals surface area contributed by atoms with E-state index in [9.17, 15) is 4.79 Å². The predicted molar refractivity (Wildman–Crippen MR) is 104 cm³/mol. The molecule has 1 aliphatic heterocycles. The number of carbonyl (C=O) groups excluding carboxylic acids is 1. The number of thiazole rings is 1. The minimum Gasteiger partial charge on any atom is -0.497 e. The molecule has 140 valence electrons. The maximum absolute atomic E-state index is 12.6. The minimum absolute atomic E-state index is 0.0844. The number of aromatic nitrogens is 1. The van der Waals surface area contributed by atoms with Gasteiger partial charge in [0, 0.05) is 38.1 Å². The van der Waals surface area contributed by atoms with Gasteiger partial charge in [-0.25, -0.2) is 4.98 Å². The van der Waals surface area contributed by atoms with E-state index in [-0.39, 0.29) is 11.9 Å². The Bertz CT molecular complexity index is 723. The molecule has 1 amide bonds. The van der Waals surface area contributed by atoms with Crippen molar-refractivity contribution in [2.75, 3.05) is 46.9 Å². The fourth-order valence-corrected chi connectivity index (χ4v) is 3.65. The molecule has 1 aromatic heterocycles. The first kappa shape index (κ1) is 18.8. The second-order valence-corrected chi connectivity index (χ2v) is 7.72. The Balaban J connectivity index is 1.74. The number of methoxy groups -OCH3 is 1. The van der Waals surface area contributed by atoms with Crippen LogP contribution in [0.2, 0.25) is 0 Å². The maximum atomic E-state index is 12.6. The Hall–Kier alpha value is -1.96. The Morgan fingerprint density at radius 1 is 1.27 bits per heavy atom. The summed E-state index contributed by atoms with van der Waals surface area (Å²) in [6, 6.07) is 7.83. The van der Waals surface area contributed by atoms with Crippen LogP contribution in [-0.2, 0) is 0 Å². The average Bonchev–Trinajstić information content (AvgIpc) is 3.09. The third-order valence-electron chi connectivity index (χ3n) is 4.71. The van der Waals surface area contributed by atoms with E-state index in [1.165, 1.54) is 11.3 Å². The fraction of sp³-hybridized carbons (Fsp3) is 0.474. The summed E-state index contributed by atoms with van der Waals surface area (Å²) >= 11 is 1.49. The molecular formula is C19H26N4O2S. The zero-order chi connectivity index (χ0) is 18.5. The maximum Gasteiger partial charge on any atom is 0.271 e. The number of ether oxygens (including phenoxy) is 1. The van der Waals surface area contributed by atoms with Crippen LogP contribution < -0.4 is 10.1 Å². The van der Waals surface area contributed by atoms with E-state index in [1.54, 1.807) is 7.11 Å². The average molecular weight is 375 g/mol. The molecule has 0 unspecified atom stereocenters. The summed E-state index contributed by atoms with van der Waals surface area (Å²) < 4.78 is 5.25. The normalized spacial score (nSPS) is 17.0. The number of likely N-dealkylation sites (N-methyl/N-ethyl adjacent to an activating group) is 1. The zero-order valence-electron chi connectivity index (χ0n) is 15.6. The Morgan fingerprint density at radius 2 is 1.96 bits per heavy atom. The van der Waals surface area contributed by atoms with Crippen molar-refractivity contribution in [1.82, 2.24) is 20.1 Å². The number of hydrogen-bond donors (Lipinski definition) is 1. The van der Waals surface area contributed by atoms with Gasteiger partial charge in [-0.15, -0.1) is 11.3 Å². The molecule has 2 aromatic rings. The fourth-order valence-electron chi connectivity index (χ4n) is 3.06. The summed E-state index contributed by atoms with van der Waals surface area (Å²) in [6.07, 6.45) is 0. The van der Waals surface area contributed by atoms with Gasteiger partial charge in [-0.2, -0.15) is 0 Å². The quantitative estimate of drug-likeness (QED) is 0.840. The van der Waals surface area contributed by atoms with E-state index < -0.39 is 0 Å². The summed E-state index contributed by atoms with van der Waals surface area (Å²) in [4.78, 5) is 21.7. The van der Waals surface area contributed by atoms with Crippen LogP contribution in [0.3, 0.4) is 0 Å². The van der Waals surface area contributed by atoms with Crippen LogP contribution in [0.15, 0.2) is 29.6 Å². The Morgan fingerprint density at radius 3 is 2.54 bits per heavy atom. The van der Waals surface area contributed by atoms with Crippen molar-refractivity contribution >= 4 is 17.2 Å². The van der Waals surface area contributed by atoms with Crippen molar-refractivity contribution in [2.45, 2.75) is 13.0 Å². The first-order valence-electron chi connectivity index (χ1n) is 8.83. The summed E-state index contributed by atoms with van der Waals surface area (Å²) in [7, 11) is 3.80. The zero-order valence-corrected chi connectivity index (χ0v) is 16.4. The van der Waals surface area contributed by atoms with Gasteiger partial charge >= 0.3 is 0 Å². The molecule has 3 rings (SSSR count). The number of aryl methyl sites for hydroxylation is 1. The molecular weight excluding hydrogens is 348 g/mol. The lowest BCUT2D eigenvalue weighted by Gasteiger charge is -2.35. The van der Waals surface area contributed by atoms with Gasteiger partial charge in [-0.3, -0.25) is 9.69 Å². The summed E-state index contributed by atoms with van der Waals surface area (Å²) in [5, 5.41) is 5.88. The molecule has 26 heavy (non-hydrogen) atoms. The lowest BCUT2D eigenvalue weighted by Crippen LogP contribution is -2.47. The van der Waals surface area contributed by atoms with Gasteiger partial charge in [0.25, 0.3) is 5.91 Å². The van der Waals surface area contributed by atoms with E-state index >= 15 is 0 Å². The number of carbonyl (C=O) groups is 1. The number of nitrogens with zero attached hydrogens (tertiary/aromatic N) is 3. The highest BCUT2D eigenvalue weighted by Crippen LogP contribution is 2.20. The largest absolute Gasteiger partial charge is 0.497 e. The van der Waals surface area contributed by atoms with Gasteiger partial charge in [0.05, 0.1) is 18.2 Å². The molecule has 1 N–H and O–H groups in total. The van der Waals surface area contributed by atoms with Crippen LogP contribution in [0, 0.1) is 6.92 Å². The van der Waals surface area contributed by atoms with Gasteiger partial charge in [0.2, 0.25) is 0 Å². The van der Waals surface area contributed by atoms with Crippen LogP contribution in [0.5, 0.6) is 5.75 Å². The van der Waals surface area contributed by atoms with Crippen molar-refractivity contribution in [1.29, 1.82) is 0 Å². The lowest BCUT2D eigenvalue weighted by molar-refractivity contribution is 0.0903. The topological polar surface area (TPSA) is 57.7 Å². The van der Waals surface area contributed by atoms with Crippen molar-refractivity contribution in [3.63, 3.8) is 0 Å². The van der Waals surface area contributed by atoms with E-state index in [2.05, 4.69) is 27.1 Å². The van der Waals surface area contributed by atoms with E-state index in [1.807, 2.05) is 36.6 Å². The molecule has 1 atom stereocenters. The van der Waals surface area contributed by atoms with E-state index in [0.29, 0.717) is 5.69 Å². The summed E-state index contributed by atoms with van der Waals surface area (Å²) in [5.74, 6) is 0.692. The molecule has 7 heteroatoms. The van der Waals surface area contributed by atoms with Gasteiger partial charge in [-0.05, 0) is 31.7 Å². The lowest BCUT2D eigenvalue weighted by atomic mass is 10.1. The van der Waals surface area contributed by atoms with Crippen LogP contribution in [0.25, 0.3) is 0 Å². The third kappa shape index (κ3) is 4.81. The summed E-state index contributed by atoms with van der Waals surface area (Å²) in [6.45, 7) is 6.81. The molecule has 1 aromatic carbocycles. The Kier molecular flexibility index (Phi) is 6.24. The molecule has 1 fully saturated rings. The van der Waals surface area contributed by atoms with Crippen LogP contribution in [0.4, 0.5) is 0 Å². The van der Waals surface area contributed by atoms with Crippen LogP contribution in [-0.4, -0.2) is 67.6 Å². The molecule has 6 nitrogen and oxygen atoms in total. The van der Waals surface area contributed by atoms with Crippen molar-refractivity contribution < 1.29 is 9.53 Å². The molecule has 1 saturated heterocycles. The number of nitrogens with one attached hydrogen (secondary N) is 1. The second-order valence-electron chi connectivity index (χ2n) is 6.65. The standard InChI is InChI=1S/C19H26N4O2S/c1-14-20-18(13-26-14)19(24)21-17(12-23-10-8-22(2)9-11-23)15-4-6-16(25-3)7-5-15/h4-7,13,17H,8-12H2,1-3H3,(H,21,24)/t17-/m1/s1. The van der Waals surface area contributed by atoms with Gasteiger partial charge in [-0.1, -0.05) is 12.1 Å². The molecule has 0 saturated carbocycles. The second kappa shape index (κ2) is 8.62. The highest BCUT2D eigenvalue weighted by Gasteiger charge is 2.22. The van der Waals surface area contributed by atoms with E-state index in [4.69, 9.17) is 4.74 Å². The third-order valence-corrected chi connectivity index (χ3v) is 5.49. The molecule has 0 bridgehead atoms. The van der Waals surface area contributed by atoms with Crippen LogP contribution in [0.1, 0.15) is 27.1 Å². The number of benzene rings is 1. The van der Waals surface area contributed by atoms with Crippen molar-refractivity contribution in [3.05, 3.63) is 45.9 Å². The first-order valence-corrected chi connectivity index (χ1v) is 9.71. The number of amides is 1. The number of hydrogen-bond acceptors (Lipinski definition) is 6. The molecule has 0 spiro atoms. The number of piperazine rings is 1. The first-order chi connectivity index (χ1) is 12.5. The number of rotatable bonds is 6. The predicted octanol–water partition coefficient (Wildman–Crippen LogP) is 2.18. The minimum atomic E-state index is -0.121. The van der Waals surface area contributed by atoms with Crippen LogP contribution >= 0.6 is 11.3 Å².